The normalized spacial score (nSPS) is 14.8. The molecule has 5 heteroatoms. The first-order valence-corrected chi connectivity index (χ1v) is 8.60. The number of carbonyl (C=O) groups excluding carboxylic acids is 2. The Morgan fingerprint density at radius 2 is 1.40 bits per heavy atom. The molecule has 2 aromatic carbocycles. The van der Waals surface area contributed by atoms with Gasteiger partial charge in [0.2, 0.25) is 5.91 Å². The van der Waals surface area contributed by atoms with Gasteiger partial charge in [-0.1, -0.05) is 42.5 Å². The summed E-state index contributed by atoms with van der Waals surface area (Å²) in [6.07, 6.45) is 0.806. The van der Waals surface area contributed by atoms with Crippen molar-refractivity contribution in [2.45, 2.75) is 13.3 Å². The molecule has 1 aliphatic rings. The van der Waals surface area contributed by atoms with Crippen LogP contribution in [0.15, 0.2) is 54.6 Å². The molecule has 130 valence electrons. The Labute approximate surface area is 148 Å². The van der Waals surface area contributed by atoms with E-state index < -0.39 is 0 Å². The lowest BCUT2D eigenvalue weighted by molar-refractivity contribution is -0.128. The Bertz CT molecular complexity index is 728. The number of nitrogens with one attached hydrogen (secondary N) is 1. The van der Waals surface area contributed by atoms with Crippen LogP contribution >= 0.6 is 0 Å². The van der Waals surface area contributed by atoms with Crippen molar-refractivity contribution < 1.29 is 9.59 Å². The number of nitrogens with zero attached hydrogens (tertiary/aromatic N) is 2. The third-order valence-electron chi connectivity index (χ3n) is 4.47. The van der Waals surface area contributed by atoms with Gasteiger partial charge in [0.1, 0.15) is 0 Å². The molecule has 5 nitrogen and oxygen atoms in total. The van der Waals surface area contributed by atoms with Gasteiger partial charge >= 0.3 is 6.03 Å². The minimum Gasteiger partial charge on any atom is -0.341 e. The van der Waals surface area contributed by atoms with Gasteiger partial charge in [0.15, 0.2) is 0 Å². The number of hydrogen-bond acceptors (Lipinski definition) is 2. The predicted octanol–water partition coefficient (Wildman–Crippen LogP) is 3.44. The summed E-state index contributed by atoms with van der Waals surface area (Å²) in [7, 11) is 0. The van der Waals surface area contributed by atoms with Crippen LogP contribution in [0.3, 0.4) is 0 Å². The van der Waals surface area contributed by atoms with Crippen molar-refractivity contribution in [2.24, 2.45) is 0 Å². The highest BCUT2D eigenvalue weighted by Crippen LogP contribution is 2.21. The molecule has 1 aliphatic heterocycles. The molecule has 2 aromatic rings. The number of urea groups is 1. The first-order valence-electron chi connectivity index (χ1n) is 8.60. The van der Waals surface area contributed by atoms with Gasteiger partial charge in [0.25, 0.3) is 0 Å². The van der Waals surface area contributed by atoms with Gasteiger partial charge in [-0.15, -0.1) is 0 Å². The van der Waals surface area contributed by atoms with Crippen molar-refractivity contribution in [3.05, 3.63) is 54.6 Å². The summed E-state index contributed by atoms with van der Waals surface area (Å²) in [6.45, 7) is 4.11. The van der Waals surface area contributed by atoms with E-state index in [0.29, 0.717) is 26.2 Å². The number of benzene rings is 2. The van der Waals surface area contributed by atoms with E-state index in [2.05, 4.69) is 17.4 Å². The minimum absolute atomic E-state index is 0.0683. The summed E-state index contributed by atoms with van der Waals surface area (Å²) < 4.78 is 0. The van der Waals surface area contributed by atoms with E-state index in [1.807, 2.05) is 42.5 Å². The molecule has 0 bridgehead atoms. The highest BCUT2D eigenvalue weighted by molar-refractivity contribution is 5.89. The van der Waals surface area contributed by atoms with Crippen molar-refractivity contribution in [2.75, 3.05) is 31.5 Å². The largest absolute Gasteiger partial charge is 0.341 e. The topological polar surface area (TPSA) is 52.7 Å². The van der Waals surface area contributed by atoms with Gasteiger partial charge in [-0.25, -0.2) is 4.79 Å². The van der Waals surface area contributed by atoms with Gasteiger partial charge in [0, 0.05) is 38.8 Å². The second-order valence-corrected chi connectivity index (χ2v) is 6.22. The minimum atomic E-state index is -0.113. The lowest BCUT2D eigenvalue weighted by Crippen LogP contribution is -2.38. The van der Waals surface area contributed by atoms with Gasteiger partial charge in [-0.2, -0.15) is 0 Å². The van der Waals surface area contributed by atoms with E-state index in [0.717, 1.165) is 23.2 Å². The van der Waals surface area contributed by atoms with Crippen LogP contribution in [0.2, 0.25) is 0 Å². The maximum atomic E-state index is 12.5. The maximum absolute atomic E-state index is 12.5. The molecule has 1 fully saturated rings. The number of amides is 3. The molecule has 1 N–H and O–H groups in total. The van der Waals surface area contributed by atoms with Gasteiger partial charge in [-0.3, -0.25) is 4.79 Å². The molecule has 0 radical (unpaired) electrons. The number of anilines is 1. The fraction of sp³-hybridized carbons (Fsp3) is 0.300. The molecular formula is C20H23N3O2. The Kier molecular flexibility index (Phi) is 5.33. The molecule has 1 heterocycles. The zero-order valence-corrected chi connectivity index (χ0v) is 14.4. The summed E-state index contributed by atoms with van der Waals surface area (Å²) in [5, 5.41) is 2.95. The van der Waals surface area contributed by atoms with Crippen molar-refractivity contribution in [3.63, 3.8) is 0 Å². The SMILES string of the molecule is CC(=O)N1CCCN(C(=O)Nc2ccc(-c3ccccc3)cc2)CC1. The molecule has 3 amide bonds. The lowest BCUT2D eigenvalue weighted by Gasteiger charge is -2.21. The second-order valence-electron chi connectivity index (χ2n) is 6.22. The summed E-state index contributed by atoms with van der Waals surface area (Å²) >= 11 is 0. The Morgan fingerprint density at radius 3 is 2.08 bits per heavy atom. The van der Waals surface area contributed by atoms with Crippen molar-refractivity contribution in [1.29, 1.82) is 0 Å². The highest BCUT2D eigenvalue weighted by atomic mass is 16.2. The van der Waals surface area contributed by atoms with Crippen molar-refractivity contribution in [3.8, 4) is 11.1 Å². The van der Waals surface area contributed by atoms with Crippen LogP contribution in [0.4, 0.5) is 10.5 Å². The van der Waals surface area contributed by atoms with Crippen LogP contribution in [0.25, 0.3) is 11.1 Å². The van der Waals surface area contributed by atoms with E-state index in [1.165, 1.54) is 0 Å². The first kappa shape index (κ1) is 17.0. The summed E-state index contributed by atoms with van der Waals surface area (Å²) in [6, 6.07) is 17.9. The zero-order valence-electron chi connectivity index (χ0n) is 14.4. The fourth-order valence-electron chi connectivity index (χ4n) is 3.01. The van der Waals surface area contributed by atoms with Crippen LogP contribution < -0.4 is 5.32 Å². The third-order valence-corrected chi connectivity index (χ3v) is 4.47. The van der Waals surface area contributed by atoms with Crippen LogP contribution in [-0.2, 0) is 4.79 Å². The van der Waals surface area contributed by atoms with Crippen LogP contribution in [0.5, 0.6) is 0 Å². The molecule has 25 heavy (non-hydrogen) atoms. The summed E-state index contributed by atoms with van der Waals surface area (Å²) in [5.41, 5.74) is 3.04. The van der Waals surface area contributed by atoms with E-state index in [4.69, 9.17) is 0 Å². The molecule has 3 rings (SSSR count). The molecule has 0 saturated carbocycles. The summed E-state index contributed by atoms with van der Waals surface area (Å²) in [5.74, 6) is 0.0683. The number of rotatable bonds is 2. The predicted molar refractivity (Wildman–Crippen MR) is 99.3 cm³/mol. The standard InChI is InChI=1S/C20H23N3O2/c1-16(24)22-12-5-13-23(15-14-22)20(25)21-19-10-8-18(9-11-19)17-6-3-2-4-7-17/h2-4,6-11H,5,12-15H2,1H3,(H,21,25). The van der Waals surface area contributed by atoms with Crippen molar-refractivity contribution in [1.82, 2.24) is 9.80 Å². The lowest BCUT2D eigenvalue weighted by atomic mass is 10.1. The quantitative estimate of drug-likeness (QED) is 0.913. The van der Waals surface area contributed by atoms with Gasteiger partial charge in [-0.05, 0) is 29.7 Å². The first-order chi connectivity index (χ1) is 12.1. The molecule has 0 aliphatic carbocycles. The highest BCUT2D eigenvalue weighted by Gasteiger charge is 2.20. The monoisotopic (exact) mass is 337 g/mol. The molecule has 0 aromatic heterocycles. The molecule has 0 atom stereocenters. The average Bonchev–Trinajstić information content (AvgIpc) is 2.89. The Morgan fingerprint density at radius 1 is 0.800 bits per heavy atom. The Hall–Kier alpha value is -2.82. The van der Waals surface area contributed by atoms with Crippen molar-refractivity contribution >= 4 is 17.6 Å². The van der Waals surface area contributed by atoms with E-state index in [-0.39, 0.29) is 11.9 Å². The van der Waals surface area contributed by atoms with E-state index in [1.54, 1.807) is 16.7 Å². The molecule has 1 saturated heterocycles. The van der Waals surface area contributed by atoms with Crippen LogP contribution in [0, 0.1) is 0 Å². The Balaban J connectivity index is 1.60. The number of hydrogen-bond donors (Lipinski definition) is 1. The maximum Gasteiger partial charge on any atom is 0.321 e. The molecule has 0 spiro atoms. The molecule has 0 unspecified atom stereocenters. The van der Waals surface area contributed by atoms with E-state index >= 15 is 0 Å². The number of carbonyl (C=O) groups is 2. The van der Waals surface area contributed by atoms with Crippen LogP contribution in [-0.4, -0.2) is 47.9 Å². The van der Waals surface area contributed by atoms with Gasteiger partial charge < -0.3 is 15.1 Å². The molecular weight excluding hydrogens is 314 g/mol. The second kappa shape index (κ2) is 7.83. The summed E-state index contributed by atoms with van der Waals surface area (Å²) in [4.78, 5) is 27.5. The fourth-order valence-corrected chi connectivity index (χ4v) is 3.01. The zero-order chi connectivity index (χ0) is 17.6. The average molecular weight is 337 g/mol. The van der Waals surface area contributed by atoms with E-state index in [9.17, 15) is 9.59 Å². The van der Waals surface area contributed by atoms with Crippen LogP contribution in [0.1, 0.15) is 13.3 Å². The third kappa shape index (κ3) is 4.38. The van der Waals surface area contributed by atoms with Gasteiger partial charge in [0.05, 0.1) is 0 Å². The smallest absolute Gasteiger partial charge is 0.321 e.